The number of thiophene rings is 1. The van der Waals surface area contributed by atoms with Crippen LogP contribution < -0.4 is 10.1 Å². The molecule has 0 bridgehead atoms. The number of hydrogen-bond donors (Lipinski definition) is 1. The maximum Gasteiger partial charge on any atom is 0.412 e. The van der Waals surface area contributed by atoms with Crippen LogP contribution in [0.2, 0.25) is 0 Å². The molecule has 0 aliphatic carbocycles. The van der Waals surface area contributed by atoms with E-state index in [0.29, 0.717) is 35.9 Å². The summed E-state index contributed by atoms with van der Waals surface area (Å²) in [5, 5.41) is 3.24. The molecule has 1 unspecified atom stereocenters. The lowest BCUT2D eigenvalue weighted by Gasteiger charge is -2.44. The highest BCUT2D eigenvalue weighted by Crippen LogP contribution is 2.47. The number of likely N-dealkylation sites (tertiary alicyclic amines) is 2. The molecule has 12 heteroatoms. The number of nitrogens with one attached hydrogen (secondary N) is 1. The second-order valence-corrected chi connectivity index (χ2v) is 16.7. The number of carbonyl (C=O) groups is 4. The predicted molar refractivity (Wildman–Crippen MR) is 198 cm³/mol. The number of ether oxygens (including phenoxy) is 4. The summed E-state index contributed by atoms with van der Waals surface area (Å²) in [6.45, 7) is 12.1. The number of amides is 2. The number of anilines is 1. The van der Waals surface area contributed by atoms with E-state index in [1.54, 1.807) is 32.9 Å². The Morgan fingerprint density at radius 1 is 1.00 bits per heavy atom. The maximum atomic E-state index is 14.1. The third-order valence-corrected chi connectivity index (χ3v) is 10.9. The summed E-state index contributed by atoms with van der Waals surface area (Å²) in [6, 6.07) is 18.7. The zero-order valence-corrected chi connectivity index (χ0v) is 31.5. The number of rotatable bonds is 9. The SMILES string of the molecule is CC(C)(C)OC(=O)Nc1sc(-c2ccc(OCC(=O)OCc3ccccc3)cc2)cc1C(=O)N1CCC(N2CCCC3(C2)CC(C)(C)OC3=O)CC1. The van der Waals surface area contributed by atoms with E-state index in [4.69, 9.17) is 18.9 Å². The van der Waals surface area contributed by atoms with E-state index in [1.165, 1.54) is 11.3 Å². The fraction of sp³-hybridized carbons (Fsp3) is 0.500. The number of cyclic esters (lactones) is 1. The van der Waals surface area contributed by atoms with Crippen LogP contribution in [0.15, 0.2) is 60.7 Å². The first-order valence-corrected chi connectivity index (χ1v) is 18.8. The molecule has 0 radical (unpaired) electrons. The molecule has 278 valence electrons. The first-order valence-electron chi connectivity index (χ1n) is 18.0. The van der Waals surface area contributed by atoms with E-state index in [2.05, 4.69) is 10.2 Å². The average Bonchev–Trinajstić information content (AvgIpc) is 3.61. The molecule has 3 aromatic rings. The maximum absolute atomic E-state index is 14.1. The molecule has 4 heterocycles. The molecule has 2 amide bonds. The Labute approximate surface area is 309 Å². The second-order valence-electron chi connectivity index (χ2n) is 15.6. The van der Waals surface area contributed by atoms with Gasteiger partial charge >= 0.3 is 18.0 Å². The van der Waals surface area contributed by atoms with Gasteiger partial charge in [-0.05, 0) is 108 Å². The first kappa shape index (κ1) is 37.3. The Kier molecular flexibility index (Phi) is 11.0. The zero-order valence-electron chi connectivity index (χ0n) is 30.7. The smallest absolute Gasteiger partial charge is 0.412 e. The van der Waals surface area contributed by atoms with Crippen molar-refractivity contribution in [3.63, 3.8) is 0 Å². The molecule has 2 aromatic carbocycles. The van der Waals surface area contributed by atoms with Gasteiger partial charge in [-0.3, -0.25) is 19.8 Å². The zero-order chi connectivity index (χ0) is 37.1. The average molecular weight is 732 g/mol. The van der Waals surface area contributed by atoms with E-state index in [-0.39, 0.29) is 31.1 Å². The molecule has 52 heavy (non-hydrogen) atoms. The van der Waals surface area contributed by atoms with E-state index in [9.17, 15) is 19.2 Å². The highest BCUT2D eigenvalue weighted by Gasteiger charge is 2.54. The number of nitrogens with zero attached hydrogens (tertiary/aromatic N) is 2. The predicted octanol–water partition coefficient (Wildman–Crippen LogP) is 7.30. The van der Waals surface area contributed by atoms with Gasteiger partial charge in [0.1, 0.15) is 28.6 Å². The van der Waals surface area contributed by atoms with Crippen molar-refractivity contribution in [3.05, 3.63) is 71.8 Å². The lowest BCUT2D eigenvalue weighted by molar-refractivity contribution is -0.154. The lowest BCUT2D eigenvalue weighted by atomic mass is 9.74. The van der Waals surface area contributed by atoms with Gasteiger partial charge in [0.15, 0.2) is 6.61 Å². The molecule has 3 saturated heterocycles. The van der Waals surface area contributed by atoms with Crippen LogP contribution in [0.3, 0.4) is 0 Å². The number of hydrogen-bond acceptors (Lipinski definition) is 10. The summed E-state index contributed by atoms with van der Waals surface area (Å²) in [7, 11) is 0. The number of piperidine rings is 2. The number of benzene rings is 2. The second kappa shape index (κ2) is 15.3. The van der Waals surface area contributed by atoms with Gasteiger partial charge in [0.2, 0.25) is 0 Å². The van der Waals surface area contributed by atoms with E-state index >= 15 is 0 Å². The van der Waals surface area contributed by atoms with Crippen LogP contribution in [0.1, 0.15) is 82.6 Å². The van der Waals surface area contributed by atoms with Crippen LogP contribution >= 0.6 is 11.3 Å². The van der Waals surface area contributed by atoms with Crippen LogP contribution in [-0.4, -0.2) is 83.8 Å². The molecule has 1 atom stereocenters. The van der Waals surface area contributed by atoms with Crippen molar-refractivity contribution in [2.45, 2.75) is 90.6 Å². The Morgan fingerprint density at radius 3 is 2.37 bits per heavy atom. The minimum Gasteiger partial charge on any atom is -0.482 e. The topological polar surface area (TPSA) is 124 Å². The van der Waals surface area contributed by atoms with Gasteiger partial charge in [0.25, 0.3) is 5.91 Å². The highest BCUT2D eigenvalue weighted by molar-refractivity contribution is 7.20. The molecule has 0 saturated carbocycles. The van der Waals surface area contributed by atoms with Crippen LogP contribution in [0.4, 0.5) is 9.80 Å². The molecule has 1 spiro atoms. The van der Waals surface area contributed by atoms with Crippen LogP contribution in [0, 0.1) is 5.41 Å². The Hall–Kier alpha value is -4.42. The van der Waals surface area contributed by atoms with Gasteiger partial charge in [-0.2, -0.15) is 0 Å². The quantitative estimate of drug-likeness (QED) is 0.178. The normalized spacial score (nSPS) is 20.7. The van der Waals surface area contributed by atoms with Crippen molar-refractivity contribution < 1.29 is 38.1 Å². The first-order chi connectivity index (χ1) is 24.7. The molecule has 3 aliphatic rings. The molecule has 11 nitrogen and oxygen atoms in total. The van der Waals surface area contributed by atoms with Crippen molar-refractivity contribution >= 4 is 40.3 Å². The lowest BCUT2D eigenvalue weighted by Crippen LogP contribution is -2.53. The van der Waals surface area contributed by atoms with E-state index < -0.39 is 28.7 Å². The van der Waals surface area contributed by atoms with Gasteiger partial charge in [0, 0.05) is 37.0 Å². The summed E-state index contributed by atoms with van der Waals surface area (Å²) < 4.78 is 22.2. The molecule has 3 aliphatic heterocycles. The fourth-order valence-electron chi connectivity index (χ4n) is 7.50. The summed E-state index contributed by atoms with van der Waals surface area (Å²) in [5.41, 5.74) is 0.530. The largest absolute Gasteiger partial charge is 0.482 e. The summed E-state index contributed by atoms with van der Waals surface area (Å²) >= 11 is 1.30. The van der Waals surface area contributed by atoms with Gasteiger partial charge in [-0.15, -0.1) is 11.3 Å². The van der Waals surface area contributed by atoms with Gasteiger partial charge < -0.3 is 23.8 Å². The molecule has 1 N–H and O–H groups in total. The Morgan fingerprint density at radius 2 is 1.71 bits per heavy atom. The van der Waals surface area contributed by atoms with Gasteiger partial charge in [-0.25, -0.2) is 9.59 Å². The van der Waals surface area contributed by atoms with Crippen molar-refractivity contribution in [2.75, 3.05) is 38.1 Å². The van der Waals surface area contributed by atoms with Crippen molar-refractivity contribution in [1.82, 2.24) is 9.80 Å². The Balaban J connectivity index is 1.10. The highest BCUT2D eigenvalue weighted by atomic mass is 32.1. The minimum absolute atomic E-state index is 0.0745. The molecule has 1 aromatic heterocycles. The molecule has 3 fully saturated rings. The van der Waals surface area contributed by atoms with Crippen molar-refractivity contribution in [1.29, 1.82) is 0 Å². The van der Waals surface area contributed by atoms with Crippen LogP contribution in [0.25, 0.3) is 10.4 Å². The Bertz CT molecular complexity index is 1760. The standard InChI is InChI=1S/C40H49N3O8S/c1-38(2,3)51-37(47)41-34-31(22-32(52-34)28-12-14-30(15-13-28)48-24-33(44)49-23-27-10-7-6-8-11-27)35(45)42-20-16-29(17-21-42)43-19-9-18-40(26-43)25-39(4,5)50-36(40)46/h6-8,10-15,22,29H,9,16-21,23-26H2,1-5H3,(H,41,47). The summed E-state index contributed by atoms with van der Waals surface area (Å²) in [5.74, 6) is -0.207. The van der Waals surface area contributed by atoms with Crippen molar-refractivity contribution in [3.8, 4) is 16.2 Å². The minimum atomic E-state index is -0.710. The fourth-order valence-corrected chi connectivity index (χ4v) is 8.54. The molecular weight excluding hydrogens is 683 g/mol. The van der Waals surface area contributed by atoms with Gasteiger partial charge in [-0.1, -0.05) is 30.3 Å². The number of carbonyl (C=O) groups excluding carboxylic acids is 4. The van der Waals surface area contributed by atoms with Crippen LogP contribution in [-0.2, 0) is 30.4 Å². The third-order valence-electron chi connectivity index (χ3n) is 9.76. The summed E-state index contributed by atoms with van der Waals surface area (Å²) in [6.07, 6.45) is 3.51. The van der Waals surface area contributed by atoms with E-state index in [1.807, 2.05) is 67.3 Å². The van der Waals surface area contributed by atoms with Crippen LogP contribution in [0.5, 0.6) is 5.75 Å². The number of esters is 2. The van der Waals surface area contributed by atoms with Gasteiger partial charge in [0.05, 0.1) is 11.0 Å². The summed E-state index contributed by atoms with van der Waals surface area (Å²) in [4.78, 5) is 57.2. The van der Waals surface area contributed by atoms with E-state index in [0.717, 1.165) is 54.7 Å². The molecular formula is C40H49N3O8S. The monoisotopic (exact) mass is 731 g/mol. The van der Waals surface area contributed by atoms with Crippen molar-refractivity contribution in [2.24, 2.45) is 5.41 Å². The third kappa shape index (κ3) is 9.14. The molecule has 6 rings (SSSR count).